The lowest BCUT2D eigenvalue weighted by Crippen LogP contribution is -2.27. The number of ether oxygens (including phenoxy) is 1. The molecule has 0 fully saturated rings. The van der Waals surface area contributed by atoms with Gasteiger partial charge in [0.05, 0.1) is 36.0 Å². The second kappa shape index (κ2) is 16.1. The number of nitrogens with zero attached hydrogens (tertiary/aromatic N) is 1. The Labute approximate surface area is 278 Å². The fourth-order valence-electron chi connectivity index (χ4n) is 4.56. The van der Waals surface area contributed by atoms with E-state index in [1.165, 1.54) is 23.0 Å². The first kappa shape index (κ1) is 35.0. The third-order valence-corrected chi connectivity index (χ3v) is 8.33. The highest BCUT2D eigenvalue weighted by molar-refractivity contribution is 7.14. The van der Waals surface area contributed by atoms with Crippen molar-refractivity contribution in [2.24, 2.45) is 5.10 Å². The van der Waals surface area contributed by atoms with E-state index in [9.17, 15) is 19.5 Å². The van der Waals surface area contributed by atoms with E-state index in [0.29, 0.717) is 35.6 Å². The van der Waals surface area contributed by atoms with Crippen molar-refractivity contribution in [1.82, 2.24) is 16.1 Å². The van der Waals surface area contributed by atoms with Gasteiger partial charge < -0.3 is 25.6 Å². The molecule has 0 bridgehead atoms. The van der Waals surface area contributed by atoms with Gasteiger partial charge in [0.15, 0.2) is 0 Å². The SMILES string of the molecule is C/C(=N\NC(=O)c1cccc(C(=O)NCc2ccc(C(=O)NCCOCCO)cc2)c1)c1csc(-c2ccc(C(C)(C)C)cc2)c1O. The number of amides is 3. The molecule has 0 unspecified atom stereocenters. The molecule has 4 aromatic rings. The van der Waals surface area contributed by atoms with Crippen LogP contribution in [0.15, 0.2) is 83.3 Å². The lowest BCUT2D eigenvalue weighted by molar-refractivity contribution is 0.0837. The van der Waals surface area contributed by atoms with Gasteiger partial charge in [0.1, 0.15) is 5.75 Å². The van der Waals surface area contributed by atoms with Crippen molar-refractivity contribution in [2.75, 3.05) is 26.4 Å². The van der Waals surface area contributed by atoms with Crippen molar-refractivity contribution in [3.05, 3.63) is 112 Å². The normalized spacial score (nSPS) is 11.6. The molecule has 47 heavy (non-hydrogen) atoms. The molecule has 1 aromatic heterocycles. The number of hydrazone groups is 1. The number of aromatic hydroxyl groups is 1. The van der Waals surface area contributed by atoms with Crippen LogP contribution < -0.4 is 16.1 Å². The zero-order valence-corrected chi connectivity index (χ0v) is 27.7. The fraction of sp³-hybridized carbons (Fsp3) is 0.278. The maximum absolute atomic E-state index is 12.9. The number of carbonyl (C=O) groups is 3. The second-order valence-corrected chi connectivity index (χ2v) is 12.7. The summed E-state index contributed by atoms with van der Waals surface area (Å²) < 4.78 is 5.12. The number of aliphatic hydroxyl groups is 1. The Morgan fingerprint density at radius 2 is 1.51 bits per heavy atom. The molecule has 3 amide bonds. The van der Waals surface area contributed by atoms with Gasteiger partial charge in [0, 0.05) is 35.2 Å². The number of hydrogen-bond donors (Lipinski definition) is 5. The van der Waals surface area contributed by atoms with E-state index in [4.69, 9.17) is 9.84 Å². The average molecular weight is 657 g/mol. The van der Waals surface area contributed by atoms with Crippen LogP contribution in [0.4, 0.5) is 0 Å². The predicted molar refractivity (Wildman–Crippen MR) is 184 cm³/mol. The summed E-state index contributed by atoms with van der Waals surface area (Å²) in [6.07, 6.45) is 0. The predicted octanol–water partition coefficient (Wildman–Crippen LogP) is 5.24. The minimum Gasteiger partial charge on any atom is -0.506 e. The summed E-state index contributed by atoms with van der Waals surface area (Å²) in [5, 5.41) is 31.2. The maximum atomic E-state index is 12.9. The van der Waals surface area contributed by atoms with E-state index < -0.39 is 5.91 Å². The Balaban J connectivity index is 1.31. The molecule has 0 saturated heterocycles. The van der Waals surface area contributed by atoms with Crippen LogP contribution in [0.2, 0.25) is 0 Å². The van der Waals surface area contributed by atoms with Crippen molar-refractivity contribution in [1.29, 1.82) is 0 Å². The fourth-order valence-corrected chi connectivity index (χ4v) is 5.57. The van der Waals surface area contributed by atoms with Gasteiger partial charge in [0.2, 0.25) is 0 Å². The molecule has 0 radical (unpaired) electrons. The first-order valence-corrected chi connectivity index (χ1v) is 16.1. The summed E-state index contributed by atoms with van der Waals surface area (Å²) in [6.45, 7) is 9.16. The summed E-state index contributed by atoms with van der Waals surface area (Å²) in [7, 11) is 0. The Kier molecular flexibility index (Phi) is 12.0. The van der Waals surface area contributed by atoms with Crippen molar-refractivity contribution >= 4 is 34.8 Å². The van der Waals surface area contributed by atoms with E-state index in [2.05, 4.69) is 54.1 Å². The topological polar surface area (TPSA) is 149 Å². The van der Waals surface area contributed by atoms with Gasteiger partial charge in [-0.2, -0.15) is 5.10 Å². The van der Waals surface area contributed by atoms with E-state index in [1.54, 1.807) is 54.8 Å². The van der Waals surface area contributed by atoms with Crippen LogP contribution in [-0.4, -0.2) is 60.0 Å². The quantitative estimate of drug-likeness (QED) is 0.0755. The molecule has 10 nitrogen and oxygen atoms in total. The third kappa shape index (κ3) is 9.58. The van der Waals surface area contributed by atoms with Gasteiger partial charge in [-0.3, -0.25) is 14.4 Å². The summed E-state index contributed by atoms with van der Waals surface area (Å²) in [5.74, 6) is -1.01. The van der Waals surface area contributed by atoms with E-state index in [1.807, 2.05) is 12.1 Å². The molecule has 0 aliphatic heterocycles. The van der Waals surface area contributed by atoms with Crippen LogP contribution >= 0.6 is 11.3 Å². The monoisotopic (exact) mass is 656 g/mol. The Morgan fingerprint density at radius 1 is 0.851 bits per heavy atom. The molecule has 0 saturated carbocycles. The van der Waals surface area contributed by atoms with E-state index in [0.717, 1.165) is 16.0 Å². The van der Waals surface area contributed by atoms with E-state index >= 15 is 0 Å². The Bertz CT molecular complexity index is 1720. The highest BCUT2D eigenvalue weighted by Gasteiger charge is 2.18. The van der Waals surface area contributed by atoms with Crippen LogP contribution in [0.3, 0.4) is 0 Å². The van der Waals surface area contributed by atoms with Crippen LogP contribution in [0.25, 0.3) is 10.4 Å². The first-order chi connectivity index (χ1) is 22.5. The highest BCUT2D eigenvalue weighted by atomic mass is 32.1. The van der Waals surface area contributed by atoms with Crippen LogP contribution in [0.5, 0.6) is 5.75 Å². The number of thiophene rings is 1. The summed E-state index contributed by atoms with van der Waals surface area (Å²) in [5.41, 5.74) is 7.43. The summed E-state index contributed by atoms with van der Waals surface area (Å²) in [4.78, 5) is 38.7. The zero-order valence-electron chi connectivity index (χ0n) is 26.9. The van der Waals surface area contributed by atoms with Crippen LogP contribution in [-0.2, 0) is 16.7 Å². The number of carbonyl (C=O) groups excluding carboxylic acids is 3. The molecule has 0 aliphatic rings. The van der Waals surface area contributed by atoms with Crippen molar-refractivity contribution < 1.29 is 29.3 Å². The van der Waals surface area contributed by atoms with E-state index in [-0.39, 0.29) is 48.3 Å². The molecule has 4 rings (SSSR count). The Morgan fingerprint density at radius 3 is 2.17 bits per heavy atom. The largest absolute Gasteiger partial charge is 0.506 e. The molecule has 11 heteroatoms. The van der Waals surface area contributed by atoms with Crippen molar-refractivity contribution in [2.45, 2.75) is 39.7 Å². The number of rotatable bonds is 13. The molecule has 1 heterocycles. The minimum absolute atomic E-state index is 0.0277. The summed E-state index contributed by atoms with van der Waals surface area (Å²) >= 11 is 1.40. The standard InChI is InChI=1S/C36H40N4O6S/c1-23(30-22-47-32(31(30)42)25-12-14-29(15-13-25)36(2,3)4)39-40-35(45)28-7-5-6-27(20-28)34(44)38-21-24-8-10-26(11-9-24)33(43)37-16-18-46-19-17-41/h5-15,20,22,41-42H,16-19,21H2,1-4H3,(H,37,43)(H,38,44)(H,40,45)/b39-23+. The number of aliphatic hydroxyl groups excluding tert-OH is 1. The smallest absolute Gasteiger partial charge is 0.271 e. The molecular weight excluding hydrogens is 616 g/mol. The van der Waals surface area contributed by atoms with Gasteiger partial charge in [-0.05, 0) is 59.4 Å². The molecule has 0 spiro atoms. The van der Waals surface area contributed by atoms with Gasteiger partial charge in [-0.25, -0.2) is 5.43 Å². The first-order valence-electron chi connectivity index (χ1n) is 15.2. The number of benzene rings is 3. The number of nitrogens with one attached hydrogen (secondary N) is 3. The average Bonchev–Trinajstić information content (AvgIpc) is 3.46. The third-order valence-electron chi connectivity index (χ3n) is 7.32. The van der Waals surface area contributed by atoms with Gasteiger partial charge in [-0.1, -0.05) is 63.2 Å². The molecule has 3 aromatic carbocycles. The Hall–Kier alpha value is -4.84. The highest BCUT2D eigenvalue weighted by Crippen LogP contribution is 2.39. The van der Waals surface area contributed by atoms with Gasteiger partial charge >= 0.3 is 0 Å². The molecule has 5 N–H and O–H groups in total. The lowest BCUT2D eigenvalue weighted by Gasteiger charge is -2.19. The minimum atomic E-state index is -0.500. The van der Waals surface area contributed by atoms with Crippen LogP contribution in [0, 0.1) is 0 Å². The summed E-state index contributed by atoms with van der Waals surface area (Å²) in [6, 6.07) is 21.2. The second-order valence-electron chi connectivity index (χ2n) is 11.8. The van der Waals surface area contributed by atoms with Gasteiger partial charge in [0.25, 0.3) is 17.7 Å². The van der Waals surface area contributed by atoms with Crippen molar-refractivity contribution in [3.63, 3.8) is 0 Å². The number of hydrogen-bond acceptors (Lipinski definition) is 8. The van der Waals surface area contributed by atoms with Crippen LogP contribution in [0.1, 0.15) is 75.5 Å². The molecule has 246 valence electrons. The lowest BCUT2D eigenvalue weighted by atomic mass is 9.86. The van der Waals surface area contributed by atoms with Crippen molar-refractivity contribution in [3.8, 4) is 16.2 Å². The molecule has 0 atom stereocenters. The zero-order chi connectivity index (χ0) is 34.0. The maximum Gasteiger partial charge on any atom is 0.271 e. The van der Waals surface area contributed by atoms with Gasteiger partial charge in [-0.15, -0.1) is 11.3 Å². The molecular formula is C36H40N4O6S. The molecule has 0 aliphatic carbocycles.